The minimum Gasteiger partial charge on any atom is -0.382 e. The summed E-state index contributed by atoms with van der Waals surface area (Å²) in [6, 6.07) is 6.12. The Morgan fingerprint density at radius 3 is 3.10 bits per heavy atom. The van der Waals surface area contributed by atoms with Crippen molar-refractivity contribution in [1.29, 1.82) is 5.26 Å². The molecule has 1 saturated heterocycles. The second kappa shape index (κ2) is 7.57. The first-order valence-corrected chi connectivity index (χ1v) is 6.82. The zero-order chi connectivity index (χ0) is 15.1. The molecule has 112 valence electrons. The van der Waals surface area contributed by atoms with Crippen LogP contribution in [0.2, 0.25) is 0 Å². The number of hydrogen-bond donors (Lipinski definition) is 1. The summed E-state index contributed by atoms with van der Waals surface area (Å²) in [5.41, 5.74) is 0.735. The average Bonchev–Trinajstić information content (AvgIpc) is 3.00. The smallest absolute Gasteiger partial charge is 0.270 e. The summed E-state index contributed by atoms with van der Waals surface area (Å²) in [6.07, 6.45) is 2.31. The lowest BCUT2D eigenvalue weighted by molar-refractivity contribution is -0.384. The minimum atomic E-state index is -0.519. The molecule has 1 aromatic carbocycles. The SMILES string of the molecule is N#Cc1cc([N+](=O)[O-])ccc1NCCOCC1CCCO1. The monoisotopic (exact) mass is 291 g/mol. The normalized spacial score (nSPS) is 17.4. The van der Waals surface area contributed by atoms with Gasteiger partial charge < -0.3 is 14.8 Å². The lowest BCUT2D eigenvalue weighted by Crippen LogP contribution is -2.18. The zero-order valence-corrected chi connectivity index (χ0v) is 11.6. The van der Waals surface area contributed by atoms with Crippen LogP contribution >= 0.6 is 0 Å². The lowest BCUT2D eigenvalue weighted by atomic mass is 10.1. The van der Waals surface area contributed by atoms with Crippen LogP contribution in [-0.4, -0.2) is 37.4 Å². The van der Waals surface area contributed by atoms with Crippen molar-refractivity contribution in [3.8, 4) is 6.07 Å². The van der Waals surface area contributed by atoms with E-state index in [4.69, 9.17) is 14.7 Å². The number of nitriles is 1. The molecule has 7 heteroatoms. The topological polar surface area (TPSA) is 97.4 Å². The van der Waals surface area contributed by atoms with Crippen molar-refractivity contribution < 1.29 is 14.4 Å². The van der Waals surface area contributed by atoms with Gasteiger partial charge in [0.15, 0.2) is 0 Å². The molecule has 21 heavy (non-hydrogen) atoms. The van der Waals surface area contributed by atoms with Gasteiger partial charge in [-0.15, -0.1) is 0 Å². The Bertz CT molecular complexity index is 536. The quantitative estimate of drug-likeness (QED) is 0.469. The van der Waals surface area contributed by atoms with E-state index in [-0.39, 0.29) is 17.4 Å². The van der Waals surface area contributed by atoms with Crippen molar-refractivity contribution in [3.05, 3.63) is 33.9 Å². The Morgan fingerprint density at radius 1 is 1.57 bits per heavy atom. The van der Waals surface area contributed by atoms with Gasteiger partial charge in [0.05, 0.1) is 35.5 Å². The van der Waals surface area contributed by atoms with Crippen molar-refractivity contribution >= 4 is 11.4 Å². The van der Waals surface area contributed by atoms with Crippen LogP contribution < -0.4 is 5.32 Å². The highest BCUT2D eigenvalue weighted by Crippen LogP contribution is 2.21. The predicted molar refractivity (Wildman–Crippen MR) is 76.1 cm³/mol. The third-order valence-corrected chi connectivity index (χ3v) is 3.22. The van der Waals surface area contributed by atoms with Gasteiger partial charge >= 0.3 is 0 Å². The standard InChI is InChI=1S/C14H17N3O4/c15-9-11-8-12(17(18)19)3-4-14(11)16-5-7-20-10-13-2-1-6-21-13/h3-4,8,13,16H,1-2,5-7,10H2. The van der Waals surface area contributed by atoms with Crippen molar-refractivity contribution in [2.75, 3.05) is 31.7 Å². The van der Waals surface area contributed by atoms with Crippen LogP contribution in [0, 0.1) is 21.4 Å². The number of benzene rings is 1. The largest absolute Gasteiger partial charge is 0.382 e. The van der Waals surface area contributed by atoms with E-state index in [2.05, 4.69) is 5.32 Å². The molecule has 1 atom stereocenters. The summed E-state index contributed by atoms with van der Waals surface area (Å²) in [5, 5.41) is 22.7. The van der Waals surface area contributed by atoms with E-state index in [1.54, 1.807) is 0 Å². The first-order valence-electron chi connectivity index (χ1n) is 6.82. The number of rotatable bonds is 7. The van der Waals surface area contributed by atoms with Crippen LogP contribution in [0.3, 0.4) is 0 Å². The summed E-state index contributed by atoms with van der Waals surface area (Å²) in [5.74, 6) is 0. The predicted octanol–water partition coefficient (Wildman–Crippen LogP) is 2.07. The molecule has 0 spiro atoms. The number of nitro groups is 1. The molecule has 0 aliphatic carbocycles. The van der Waals surface area contributed by atoms with Gasteiger partial charge in [-0.05, 0) is 18.9 Å². The van der Waals surface area contributed by atoms with E-state index >= 15 is 0 Å². The number of nitrogens with zero attached hydrogens (tertiary/aromatic N) is 2. The van der Waals surface area contributed by atoms with Crippen molar-refractivity contribution in [3.63, 3.8) is 0 Å². The maximum Gasteiger partial charge on any atom is 0.270 e. The van der Waals surface area contributed by atoms with E-state index < -0.39 is 4.92 Å². The Hall–Kier alpha value is -2.17. The van der Waals surface area contributed by atoms with Crippen molar-refractivity contribution in [2.45, 2.75) is 18.9 Å². The summed E-state index contributed by atoms with van der Waals surface area (Å²) in [4.78, 5) is 10.1. The molecule has 1 aromatic rings. The van der Waals surface area contributed by atoms with Crippen molar-refractivity contribution in [1.82, 2.24) is 0 Å². The number of anilines is 1. The molecule has 0 saturated carbocycles. The lowest BCUT2D eigenvalue weighted by Gasteiger charge is -2.11. The van der Waals surface area contributed by atoms with E-state index in [9.17, 15) is 10.1 Å². The molecule has 0 amide bonds. The number of ether oxygens (including phenoxy) is 2. The molecule has 0 aromatic heterocycles. The maximum atomic E-state index is 10.6. The number of nitrogens with one attached hydrogen (secondary N) is 1. The summed E-state index contributed by atoms with van der Waals surface area (Å²) >= 11 is 0. The minimum absolute atomic E-state index is 0.0910. The van der Waals surface area contributed by atoms with Gasteiger partial charge in [-0.1, -0.05) is 0 Å². The van der Waals surface area contributed by atoms with E-state index in [1.165, 1.54) is 18.2 Å². The summed E-state index contributed by atoms with van der Waals surface area (Å²) in [6.45, 7) is 2.40. The molecule has 1 fully saturated rings. The van der Waals surface area contributed by atoms with Gasteiger partial charge in [-0.3, -0.25) is 10.1 Å². The Morgan fingerprint density at radius 2 is 2.43 bits per heavy atom. The number of hydrogen-bond acceptors (Lipinski definition) is 6. The third kappa shape index (κ3) is 4.41. The molecule has 2 rings (SSSR count). The Kier molecular flexibility index (Phi) is 5.49. The molecule has 0 radical (unpaired) electrons. The van der Waals surface area contributed by atoms with Gasteiger partial charge in [0, 0.05) is 25.3 Å². The summed E-state index contributed by atoms with van der Waals surface area (Å²) < 4.78 is 10.9. The molecule has 1 N–H and O–H groups in total. The highest BCUT2D eigenvalue weighted by molar-refractivity contribution is 5.61. The molecular weight excluding hydrogens is 274 g/mol. The van der Waals surface area contributed by atoms with E-state index in [1.807, 2.05) is 6.07 Å². The Balaban J connectivity index is 1.77. The fourth-order valence-electron chi connectivity index (χ4n) is 2.14. The molecule has 1 aliphatic rings. The van der Waals surface area contributed by atoms with Gasteiger partial charge in [0.2, 0.25) is 0 Å². The Labute approximate surface area is 122 Å². The van der Waals surface area contributed by atoms with Crippen LogP contribution in [-0.2, 0) is 9.47 Å². The van der Waals surface area contributed by atoms with Crippen molar-refractivity contribution in [2.24, 2.45) is 0 Å². The fraction of sp³-hybridized carbons (Fsp3) is 0.500. The summed E-state index contributed by atoms with van der Waals surface area (Å²) in [7, 11) is 0. The third-order valence-electron chi connectivity index (χ3n) is 3.22. The van der Waals surface area contributed by atoms with E-state index in [0.717, 1.165) is 19.4 Å². The molecule has 1 heterocycles. The maximum absolute atomic E-state index is 10.6. The van der Waals surface area contributed by atoms with Crippen LogP contribution in [0.25, 0.3) is 0 Å². The fourth-order valence-corrected chi connectivity index (χ4v) is 2.14. The number of nitro benzene ring substituents is 1. The first kappa shape index (κ1) is 15.2. The van der Waals surface area contributed by atoms with Crippen LogP contribution in [0.5, 0.6) is 0 Å². The molecule has 0 bridgehead atoms. The highest BCUT2D eigenvalue weighted by atomic mass is 16.6. The second-order valence-corrected chi connectivity index (χ2v) is 4.74. The van der Waals surface area contributed by atoms with Crippen LogP contribution in [0.15, 0.2) is 18.2 Å². The second-order valence-electron chi connectivity index (χ2n) is 4.74. The molecule has 1 aliphatic heterocycles. The first-order chi connectivity index (χ1) is 10.2. The van der Waals surface area contributed by atoms with Crippen LogP contribution in [0.4, 0.5) is 11.4 Å². The average molecular weight is 291 g/mol. The number of non-ortho nitro benzene ring substituents is 1. The van der Waals surface area contributed by atoms with Gasteiger partial charge in [-0.25, -0.2) is 0 Å². The van der Waals surface area contributed by atoms with Gasteiger partial charge in [0.1, 0.15) is 6.07 Å². The highest BCUT2D eigenvalue weighted by Gasteiger charge is 2.15. The van der Waals surface area contributed by atoms with E-state index in [0.29, 0.717) is 25.4 Å². The molecule has 7 nitrogen and oxygen atoms in total. The van der Waals surface area contributed by atoms with Gasteiger partial charge in [-0.2, -0.15) is 5.26 Å². The van der Waals surface area contributed by atoms with Gasteiger partial charge in [0.25, 0.3) is 5.69 Å². The molecular formula is C14H17N3O4. The molecule has 1 unspecified atom stereocenters. The van der Waals surface area contributed by atoms with Crippen LogP contribution in [0.1, 0.15) is 18.4 Å². The zero-order valence-electron chi connectivity index (χ0n) is 11.6.